The van der Waals surface area contributed by atoms with Crippen molar-refractivity contribution in [1.29, 1.82) is 0 Å². The van der Waals surface area contributed by atoms with Crippen molar-refractivity contribution in [2.75, 3.05) is 0 Å². The highest BCUT2D eigenvalue weighted by atomic mass is 35.5. The molecule has 0 nitrogen and oxygen atoms in total. The summed E-state index contributed by atoms with van der Waals surface area (Å²) >= 11 is 5.99. The molecule has 0 fully saturated rings. The van der Waals surface area contributed by atoms with Crippen LogP contribution in [0, 0.1) is 0 Å². The van der Waals surface area contributed by atoms with Gasteiger partial charge in [0, 0.05) is 5.02 Å². The van der Waals surface area contributed by atoms with Gasteiger partial charge >= 0.3 is 0 Å². The maximum atomic E-state index is 8.02. The summed E-state index contributed by atoms with van der Waals surface area (Å²) in [7, 11) is 0. The SMILES string of the molecule is [2H]c1c([2H])c([2H])c(-c2ccc3ccc(Cl)cc3c2)c([2H])c1[2H]. The number of halogens is 1. The first-order valence-corrected chi connectivity index (χ1v) is 5.54. The van der Waals surface area contributed by atoms with Crippen LogP contribution in [0.2, 0.25) is 5.02 Å². The molecule has 0 aliphatic heterocycles. The molecule has 0 aliphatic carbocycles. The maximum absolute atomic E-state index is 8.02. The minimum atomic E-state index is -0.386. The number of benzene rings is 3. The van der Waals surface area contributed by atoms with Crippen LogP contribution in [0.4, 0.5) is 0 Å². The van der Waals surface area contributed by atoms with Gasteiger partial charge in [-0.25, -0.2) is 0 Å². The average molecular weight is 244 g/mol. The van der Waals surface area contributed by atoms with Gasteiger partial charge in [-0.1, -0.05) is 60.0 Å². The van der Waals surface area contributed by atoms with Gasteiger partial charge in [0.05, 0.1) is 6.85 Å². The Bertz CT molecular complexity index is 876. The van der Waals surface area contributed by atoms with Crippen LogP contribution < -0.4 is 0 Å². The van der Waals surface area contributed by atoms with E-state index in [0.717, 1.165) is 10.8 Å². The molecule has 0 N–H and O–H groups in total. The molecule has 0 unspecified atom stereocenters. The fourth-order valence-electron chi connectivity index (χ4n) is 1.77. The topological polar surface area (TPSA) is 0 Å². The van der Waals surface area contributed by atoms with E-state index >= 15 is 0 Å². The molecule has 0 radical (unpaired) electrons. The molecule has 0 atom stereocenters. The van der Waals surface area contributed by atoms with Crippen molar-refractivity contribution >= 4 is 22.4 Å². The lowest BCUT2D eigenvalue weighted by molar-refractivity contribution is 1.64. The molecule has 0 aliphatic rings. The first-order valence-electron chi connectivity index (χ1n) is 7.67. The van der Waals surface area contributed by atoms with Gasteiger partial charge < -0.3 is 0 Å². The third-order valence-corrected chi connectivity index (χ3v) is 2.83. The summed E-state index contributed by atoms with van der Waals surface area (Å²) in [4.78, 5) is 0. The molecule has 0 aromatic heterocycles. The Hall–Kier alpha value is -1.79. The Morgan fingerprint density at radius 1 is 0.765 bits per heavy atom. The van der Waals surface area contributed by atoms with E-state index in [2.05, 4.69) is 0 Å². The number of rotatable bonds is 1. The molecule has 0 heterocycles. The molecule has 0 bridgehead atoms. The van der Waals surface area contributed by atoms with Gasteiger partial charge in [0.25, 0.3) is 0 Å². The molecule has 3 aromatic rings. The Morgan fingerprint density at radius 3 is 2.35 bits per heavy atom. The van der Waals surface area contributed by atoms with E-state index in [1.54, 1.807) is 24.3 Å². The lowest BCUT2D eigenvalue weighted by Crippen LogP contribution is -1.78. The van der Waals surface area contributed by atoms with Crippen molar-refractivity contribution in [3.05, 3.63) is 71.6 Å². The second-order valence-electron chi connectivity index (χ2n) is 3.71. The monoisotopic (exact) mass is 243 g/mol. The summed E-state index contributed by atoms with van der Waals surface area (Å²) in [5, 5.41) is 2.42. The van der Waals surface area contributed by atoms with E-state index in [1.165, 1.54) is 0 Å². The smallest absolute Gasteiger partial charge is 0.0629 e. The minimum absolute atomic E-state index is 0.202. The third-order valence-electron chi connectivity index (χ3n) is 2.59. The fraction of sp³-hybridized carbons (Fsp3) is 0. The van der Waals surface area contributed by atoms with Crippen LogP contribution in [0.5, 0.6) is 0 Å². The second-order valence-corrected chi connectivity index (χ2v) is 4.14. The quantitative estimate of drug-likeness (QED) is 0.554. The normalized spacial score (nSPS) is 14.8. The van der Waals surface area contributed by atoms with Crippen molar-refractivity contribution in [1.82, 2.24) is 0 Å². The molecule has 0 spiro atoms. The molecule has 3 rings (SSSR count). The van der Waals surface area contributed by atoms with E-state index < -0.39 is 0 Å². The fourth-order valence-corrected chi connectivity index (χ4v) is 1.95. The summed E-state index contributed by atoms with van der Waals surface area (Å²) < 4.78 is 39.2. The average Bonchev–Trinajstić information content (AvgIpc) is 2.51. The standard InChI is InChI=1S/C16H11Cl/c17-16-9-8-13-6-7-14(10-15(13)11-16)12-4-2-1-3-5-12/h1-11H/i1D,2D,3D,4D,5D. The summed E-state index contributed by atoms with van der Waals surface area (Å²) in [6, 6.07) is 9.39. The maximum Gasteiger partial charge on any atom is 0.0629 e. The van der Waals surface area contributed by atoms with E-state index in [-0.39, 0.29) is 35.8 Å². The predicted octanol–water partition coefficient (Wildman–Crippen LogP) is 5.16. The van der Waals surface area contributed by atoms with Gasteiger partial charge in [0.1, 0.15) is 0 Å². The molecule has 17 heavy (non-hydrogen) atoms. The third kappa shape index (κ3) is 2.04. The van der Waals surface area contributed by atoms with Gasteiger partial charge in [0.2, 0.25) is 0 Å². The molecule has 0 amide bonds. The molecule has 82 valence electrons. The molecular weight excluding hydrogens is 228 g/mol. The van der Waals surface area contributed by atoms with Crippen LogP contribution in [-0.4, -0.2) is 0 Å². The van der Waals surface area contributed by atoms with Crippen molar-refractivity contribution < 1.29 is 6.85 Å². The van der Waals surface area contributed by atoms with E-state index in [4.69, 9.17) is 18.5 Å². The van der Waals surface area contributed by atoms with Gasteiger partial charge in [-0.15, -0.1) is 0 Å². The summed E-state index contributed by atoms with van der Waals surface area (Å²) in [6.07, 6.45) is 0. The zero-order valence-electron chi connectivity index (χ0n) is 13.8. The van der Waals surface area contributed by atoms with Crippen LogP contribution in [0.15, 0.2) is 66.6 Å². The van der Waals surface area contributed by atoms with Crippen molar-refractivity contribution in [2.45, 2.75) is 0 Å². The second kappa shape index (κ2) is 4.23. The van der Waals surface area contributed by atoms with Gasteiger partial charge in [-0.05, 0) is 40.1 Å². The zero-order chi connectivity index (χ0) is 16.0. The molecule has 1 heteroatoms. The van der Waals surface area contributed by atoms with Crippen molar-refractivity contribution in [3.8, 4) is 11.1 Å². The van der Waals surface area contributed by atoms with Crippen LogP contribution in [0.25, 0.3) is 21.9 Å². The van der Waals surface area contributed by atoms with Gasteiger partial charge in [-0.2, -0.15) is 0 Å². The summed E-state index contributed by atoms with van der Waals surface area (Å²) in [5.41, 5.74) is 0.777. The highest BCUT2D eigenvalue weighted by Gasteiger charge is 1.99. The molecule has 0 saturated heterocycles. The Balaban J connectivity index is 2.32. The predicted molar refractivity (Wildman–Crippen MR) is 74.4 cm³/mol. The van der Waals surface area contributed by atoms with Crippen LogP contribution >= 0.6 is 11.6 Å². The number of hydrogen-bond acceptors (Lipinski definition) is 0. The first-order chi connectivity index (χ1) is 10.4. The van der Waals surface area contributed by atoms with E-state index in [1.807, 2.05) is 12.1 Å². The summed E-state index contributed by atoms with van der Waals surface area (Å²) in [5.74, 6) is 0. The highest BCUT2D eigenvalue weighted by Crippen LogP contribution is 2.26. The lowest BCUT2D eigenvalue weighted by atomic mass is 10.0. The van der Waals surface area contributed by atoms with E-state index in [0.29, 0.717) is 10.6 Å². The molecule has 0 saturated carbocycles. The Kier molecular flexibility index (Phi) is 1.55. The minimum Gasteiger partial charge on any atom is -0.0843 e. The lowest BCUT2D eigenvalue weighted by Gasteiger charge is -2.04. The Labute approximate surface area is 112 Å². The molecule has 3 aromatic carbocycles. The van der Waals surface area contributed by atoms with Crippen LogP contribution in [0.1, 0.15) is 6.85 Å². The van der Waals surface area contributed by atoms with Crippen molar-refractivity contribution in [3.63, 3.8) is 0 Å². The van der Waals surface area contributed by atoms with Crippen LogP contribution in [0.3, 0.4) is 0 Å². The molecular formula is C16H11Cl. The summed E-state index contributed by atoms with van der Waals surface area (Å²) in [6.45, 7) is 0. The Morgan fingerprint density at radius 2 is 1.53 bits per heavy atom. The van der Waals surface area contributed by atoms with Crippen molar-refractivity contribution in [2.24, 2.45) is 0 Å². The largest absolute Gasteiger partial charge is 0.0843 e. The highest BCUT2D eigenvalue weighted by molar-refractivity contribution is 6.31. The van der Waals surface area contributed by atoms with Gasteiger partial charge in [-0.3, -0.25) is 0 Å². The van der Waals surface area contributed by atoms with Gasteiger partial charge in [0.15, 0.2) is 0 Å². The zero-order valence-corrected chi connectivity index (χ0v) is 9.60. The first kappa shape index (κ1) is 6.23. The van der Waals surface area contributed by atoms with Crippen LogP contribution in [-0.2, 0) is 0 Å². The number of hydrogen-bond donors (Lipinski definition) is 0. The van der Waals surface area contributed by atoms with E-state index in [9.17, 15) is 0 Å². The number of fused-ring (bicyclic) bond motifs is 1.